The number of anilines is 8. The van der Waals surface area contributed by atoms with Gasteiger partial charge in [-0.2, -0.15) is 0 Å². The smallest absolute Gasteiger partial charge is 0.252 e. The lowest BCUT2D eigenvalue weighted by molar-refractivity contribution is 0.961. The van der Waals surface area contributed by atoms with Gasteiger partial charge in [0, 0.05) is 104 Å². The van der Waals surface area contributed by atoms with Crippen LogP contribution in [0.3, 0.4) is 0 Å². The minimum absolute atomic E-state index is 0.00118. The van der Waals surface area contributed by atoms with Gasteiger partial charge >= 0.3 is 0 Å². The van der Waals surface area contributed by atoms with Gasteiger partial charge in [0.25, 0.3) is 13.4 Å². The predicted molar refractivity (Wildman–Crippen MR) is 482 cm³/mol. The van der Waals surface area contributed by atoms with Crippen LogP contribution in [0, 0.1) is 27.7 Å². The molecule has 0 saturated carbocycles. The van der Waals surface area contributed by atoms with Gasteiger partial charge in [0.1, 0.15) is 23.3 Å². The van der Waals surface area contributed by atoms with Gasteiger partial charge in [-0.15, -0.1) is 0 Å². The number of fused-ring (bicyclic) bond motifs is 16. The Morgan fingerprint density at radius 3 is 1.27 bits per heavy atom. The second-order valence-corrected chi connectivity index (χ2v) is 31.3. The van der Waals surface area contributed by atoms with E-state index in [2.05, 4.69) is 382 Å². The van der Waals surface area contributed by atoms with Crippen LogP contribution < -0.4 is 53.2 Å². The fraction of sp³-hybridized carbons (Fsp3) is 0.0588. The third-order valence-electron chi connectivity index (χ3n) is 24.5. The van der Waals surface area contributed by atoms with E-state index in [-0.39, 0.29) is 13.4 Å². The molecule has 0 saturated heterocycles. The molecule has 0 amide bonds. The summed E-state index contributed by atoms with van der Waals surface area (Å²) >= 11 is 0. The molecule has 0 aliphatic carbocycles. The van der Waals surface area contributed by atoms with Crippen molar-refractivity contribution >= 4 is 157 Å². The molecule has 548 valence electrons. The first kappa shape index (κ1) is 67.0. The Morgan fingerprint density at radius 1 is 0.284 bits per heavy atom. The first-order chi connectivity index (χ1) is 57.2. The van der Waals surface area contributed by atoms with Crippen LogP contribution in [-0.2, 0) is 13.1 Å². The summed E-state index contributed by atoms with van der Waals surface area (Å²) in [4.78, 5) is 25.6. The number of nitrogens with zero attached hydrogens (tertiary/aromatic N) is 10. The van der Waals surface area contributed by atoms with E-state index >= 15 is 0 Å². The van der Waals surface area contributed by atoms with Crippen LogP contribution >= 0.6 is 0 Å². The number of hydrogen-bond donors (Lipinski definition) is 2. The van der Waals surface area contributed by atoms with E-state index < -0.39 is 0 Å². The molecule has 0 atom stereocenters. The summed E-state index contributed by atoms with van der Waals surface area (Å²) in [6, 6.07) is 119. The number of nitrogens with one attached hydrogen (secondary N) is 2. The fourth-order valence-corrected chi connectivity index (χ4v) is 19.5. The van der Waals surface area contributed by atoms with Gasteiger partial charge in [-0.3, -0.25) is 18.3 Å². The van der Waals surface area contributed by atoms with Crippen molar-refractivity contribution in [1.29, 1.82) is 0 Å². The van der Waals surface area contributed by atoms with Gasteiger partial charge in [-0.05, 0) is 227 Å². The Kier molecular flexibility index (Phi) is 15.3. The molecule has 0 spiro atoms. The lowest BCUT2D eigenvalue weighted by atomic mass is 9.33. The van der Waals surface area contributed by atoms with Crippen molar-refractivity contribution in [3.8, 4) is 45.8 Å². The Bertz CT molecular complexity index is 7390. The van der Waals surface area contributed by atoms with Crippen molar-refractivity contribution < 1.29 is 0 Å². The van der Waals surface area contributed by atoms with E-state index in [1.54, 1.807) is 0 Å². The number of imidazole rings is 2. The van der Waals surface area contributed by atoms with Gasteiger partial charge in [-0.1, -0.05) is 194 Å². The molecular weight excluding hydrogens is 1410 g/mol. The van der Waals surface area contributed by atoms with Crippen LogP contribution in [0.5, 0.6) is 0 Å². The summed E-state index contributed by atoms with van der Waals surface area (Å²) in [7, 11) is 0. The van der Waals surface area contributed by atoms with Gasteiger partial charge in [-0.25, -0.2) is 19.9 Å². The van der Waals surface area contributed by atoms with Gasteiger partial charge in [0.05, 0.1) is 55.5 Å². The maximum atomic E-state index is 5.45. The molecule has 0 radical (unpaired) electrons. The van der Waals surface area contributed by atoms with Gasteiger partial charge < -0.3 is 20.4 Å². The molecule has 12 nitrogen and oxygen atoms in total. The summed E-state index contributed by atoms with van der Waals surface area (Å²) in [5.41, 5.74) is 37.6. The fourth-order valence-electron chi connectivity index (χ4n) is 19.5. The van der Waals surface area contributed by atoms with Crippen LogP contribution in [-0.4, -0.2) is 51.6 Å². The van der Waals surface area contributed by atoms with Crippen molar-refractivity contribution in [2.45, 2.75) is 40.8 Å². The first-order valence-corrected chi connectivity index (χ1v) is 40.0. The Labute approximate surface area is 671 Å². The molecule has 20 aromatic rings. The highest BCUT2D eigenvalue weighted by Crippen LogP contribution is 2.45. The van der Waals surface area contributed by atoms with E-state index in [1.807, 2.05) is 24.5 Å². The highest BCUT2D eigenvalue weighted by atomic mass is 15.2. The number of rotatable bonds is 10. The Morgan fingerprint density at radius 2 is 0.716 bits per heavy atom. The molecule has 10 heterocycles. The summed E-state index contributed by atoms with van der Waals surface area (Å²) in [6.45, 7) is 10.2. The van der Waals surface area contributed by atoms with E-state index in [9.17, 15) is 0 Å². The zero-order chi connectivity index (χ0) is 77.0. The number of hydrogen-bond acceptors (Lipinski definition) is 8. The minimum atomic E-state index is -0.0807. The number of pyridine rings is 2. The van der Waals surface area contributed by atoms with Crippen molar-refractivity contribution in [2.24, 2.45) is 0 Å². The molecule has 2 N–H and O–H groups in total. The van der Waals surface area contributed by atoms with Gasteiger partial charge in [0.2, 0.25) is 0 Å². The number of aromatic nitrogens is 8. The monoisotopic (exact) mass is 1490 g/mol. The number of aryl methyl sites for hydroxylation is 4. The minimum Gasteiger partial charge on any atom is -0.356 e. The summed E-state index contributed by atoms with van der Waals surface area (Å²) < 4.78 is 9.39. The molecule has 24 rings (SSSR count). The normalized spacial score (nSPS) is 12.8. The summed E-state index contributed by atoms with van der Waals surface area (Å²) in [6.07, 6.45) is 3.76. The molecule has 4 aliphatic rings. The van der Waals surface area contributed by atoms with Crippen molar-refractivity contribution in [3.63, 3.8) is 0 Å². The molecule has 6 aromatic heterocycles. The third kappa shape index (κ3) is 10.4. The molecule has 14 heteroatoms. The van der Waals surface area contributed by atoms with E-state index in [0.717, 1.165) is 114 Å². The Balaban J connectivity index is 0.000000141. The van der Waals surface area contributed by atoms with Crippen LogP contribution in [0.2, 0.25) is 0 Å². The molecule has 116 heavy (non-hydrogen) atoms. The van der Waals surface area contributed by atoms with Crippen molar-refractivity contribution in [1.82, 2.24) is 38.2 Å². The lowest BCUT2D eigenvalue weighted by Gasteiger charge is -2.44. The zero-order valence-electron chi connectivity index (χ0n) is 64.4. The Hall–Kier alpha value is -14.8. The molecule has 0 fully saturated rings. The topological polar surface area (TPSA) is 102 Å². The average molecular weight is 1490 g/mol. The molecule has 14 aromatic carbocycles. The SMILES string of the molecule is Cc1cccc(C)c1-n1c(-c2ccc3c(c2)B2c4cc5c(cc4N(Cc4ccccc4)c4cccc(c42)N3Cc2ccccc2)c2ccccc2n5-c2ccccn2)nc2ccccc21.Cc1cccc(C)c1-n1c(-c2ccc3c(c2)B2c4cc5c(cc4Nc4cccc(c42)N3)c2ccccc2n5-c2ccccn2)nc2ccccc21. The van der Waals surface area contributed by atoms with Crippen LogP contribution in [0.1, 0.15) is 33.4 Å². The number of benzene rings is 14. The third-order valence-corrected chi connectivity index (χ3v) is 24.5. The quantitative estimate of drug-likeness (QED) is 0.131. The molecule has 4 aliphatic heterocycles. The molecule has 0 bridgehead atoms. The van der Waals surface area contributed by atoms with E-state index in [4.69, 9.17) is 19.9 Å². The summed E-state index contributed by atoms with van der Waals surface area (Å²) in [5.74, 6) is 3.69. The standard InChI is InChI=1S/C58H43BN6.C44H31BN6/c1-38-17-15-18-39(2)57(38)65-50-26-12-10-24-47(50)61-58(65)42-30-31-49-45(33-42)59-46-35-53-44(43-23-9-11-25-48(43)64(53)55-29-13-14-32-60-55)34-54(46)63(37-41-21-7-4-8-22-41)52-28-16-27-51(56(52)59)62(49)36-40-19-5-3-6-20-40;1-26-11-9-12-27(2)43(26)51-39-18-6-4-14-34(39)49-44(51)28-20-21-33-31(23-28)45-32-25-40-30(24-37(32)48-36-16-10-15-35(47-33)42(36)45)29-13-3-5-17-38(29)50(40)41-19-7-8-22-46-41/h3-35H,36-37H2,1-2H3;3-25,47-48H,1-2H3. The maximum absolute atomic E-state index is 5.45. The number of para-hydroxylation sites is 8. The van der Waals surface area contributed by atoms with Crippen LogP contribution in [0.25, 0.3) is 111 Å². The van der Waals surface area contributed by atoms with Crippen molar-refractivity contribution in [3.05, 3.63) is 373 Å². The van der Waals surface area contributed by atoms with E-state index in [1.165, 1.54) is 122 Å². The van der Waals surface area contributed by atoms with Gasteiger partial charge in [0.15, 0.2) is 0 Å². The van der Waals surface area contributed by atoms with Crippen LogP contribution in [0.4, 0.5) is 45.5 Å². The van der Waals surface area contributed by atoms with Crippen molar-refractivity contribution in [2.75, 3.05) is 20.4 Å². The largest absolute Gasteiger partial charge is 0.356 e. The maximum Gasteiger partial charge on any atom is 0.252 e. The summed E-state index contributed by atoms with van der Waals surface area (Å²) in [5, 5.41) is 12.5. The van der Waals surface area contributed by atoms with E-state index in [0.29, 0.717) is 0 Å². The average Bonchev–Trinajstić information content (AvgIpc) is 1.30. The lowest BCUT2D eigenvalue weighted by Crippen LogP contribution is -2.62. The second kappa shape index (κ2) is 26.4. The predicted octanol–water partition coefficient (Wildman–Crippen LogP) is 20.1. The molecule has 0 unspecified atom stereocenters. The highest BCUT2D eigenvalue weighted by Gasteiger charge is 2.44. The second-order valence-electron chi connectivity index (χ2n) is 31.3. The van der Waals surface area contributed by atoms with Crippen LogP contribution in [0.15, 0.2) is 340 Å². The zero-order valence-corrected chi connectivity index (χ0v) is 64.4. The molecular formula is C102H74B2N12. The highest BCUT2D eigenvalue weighted by molar-refractivity contribution is 7.01. The first-order valence-electron chi connectivity index (χ1n) is 40.0.